The average molecular weight is 345 g/mol. The van der Waals surface area contributed by atoms with Gasteiger partial charge in [0.05, 0.1) is 5.92 Å². The summed E-state index contributed by atoms with van der Waals surface area (Å²) in [6.45, 7) is 4.47. The number of carbonyl (C=O) groups is 1. The highest BCUT2D eigenvalue weighted by Crippen LogP contribution is 2.33. The molecule has 2 nitrogen and oxygen atoms in total. The molecule has 2 rings (SSSR count). The lowest BCUT2D eigenvalue weighted by Gasteiger charge is -2.28. The molecule has 1 aliphatic heterocycles. The SMILES string of the molecule is CCCCCCCC1CCC(c2ccc(CCCCC)cc2)OC1=O. The van der Waals surface area contributed by atoms with Gasteiger partial charge in [-0.2, -0.15) is 0 Å². The smallest absolute Gasteiger partial charge is 0.309 e. The number of esters is 1. The molecule has 0 spiro atoms. The molecule has 1 heterocycles. The van der Waals surface area contributed by atoms with Crippen LogP contribution in [0.4, 0.5) is 0 Å². The summed E-state index contributed by atoms with van der Waals surface area (Å²) < 4.78 is 5.76. The van der Waals surface area contributed by atoms with Crippen LogP contribution in [0.2, 0.25) is 0 Å². The van der Waals surface area contributed by atoms with Gasteiger partial charge in [0.25, 0.3) is 0 Å². The van der Waals surface area contributed by atoms with Crippen LogP contribution in [0.15, 0.2) is 24.3 Å². The lowest BCUT2D eigenvalue weighted by Crippen LogP contribution is -2.26. The maximum Gasteiger partial charge on any atom is 0.309 e. The van der Waals surface area contributed by atoms with Crippen LogP contribution in [0.25, 0.3) is 0 Å². The fourth-order valence-corrected chi connectivity index (χ4v) is 3.74. The number of carbonyl (C=O) groups excluding carboxylic acids is 1. The Morgan fingerprint density at radius 1 is 0.880 bits per heavy atom. The maximum absolute atomic E-state index is 12.3. The van der Waals surface area contributed by atoms with Crippen molar-refractivity contribution in [3.05, 3.63) is 35.4 Å². The Bertz CT molecular complexity index is 491. The summed E-state index contributed by atoms with van der Waals surface area (Å²) in [4.78, 5) is 12.3. The number of rotatable bonds is 11. The van der Waals surface area contributed by atoms with Crippen molar-refractivity contribution in [2.45, 2.75) is 97.0 Å². The minimum absolute atomic E-state index is 0.0266. The Morgan fingerprint density at radius 2 is 1.56 bits per heavy atom. The van der Waals surface area contributed by atoms with Crippen molar-refractivity contribution in [3.8, 4) is 0 Å². The molecule has 2 heteroatoms. The van der Waals surface area contributed by atoms with Crippen molar-refractivity contribution in [1.29, 1.82) is 0 Å². The molecule has 1 fully saturated rings. The number of hydrogen-bond acceptors (Lipinski definition) is 2. The molecule has 0 aromatic heterocycles. The van der Waals surface area contributed by atoms with Crippen LogP contribution >= 0.6 is 0 Å². The zero-order valence-electron chi connectivity index (χ0n) is 16.3. The Morgan fingerprint density at radius 3 is 2.24 bits per heavy atom. The largest absolute Gasteiger partial charge is 0.457 e. The van der Waals surface area contributed by atoms with Gasteiger partial charge in [-0.3, -0.25) is 4.79 Å². The second-order valence-electron chi connectivity index (χ2n) is 7.60. The quantitative estimate of drug-likeness (QED) is 0.327. The molecular formula is C23H36O2. The number of aryl methyl sites for hydroxylation is 1. The Balaban J connectivity index is 1.75. The van der Waals surface area contributed by atoms with Crippen LogP contribution in [0.5, 0.6) is 0 Å². The van der Waals surface area contributed by atoms with Gasteiger partial charge in [-0.25, -0.2) is 0 Å². The molecular weight excluding hydrogens is 308 g/mol. The Labute approximate surface area is 154 Å². The summed E-state index contributed by atoms with van der Waals surface area (Å²) in [5.41, 5.74) is 2.55. The van der Waals surface area contributed by atoms with Gasteiger partial charge >= 0.3 is 5.97 Å². The third-order valence-electron chi connectivity index (χ3n) is 5.45. The first-order valence-electron chi connectivity index (χ1n) is 10.5. The molecule has 140 valence electrons. The highest BCUT2D eigenvalue weighted by molar-refractivity contribution is 5.73. The first-order valence-corrected chi connectivity index (χ1v) is 10.5. The van der Waals surface area contributed by atoms with E-state index < -0.39 is 0 Å². The molecule has 0 saturated carbocycles. The third kappa shape index (κ3) is 6.84. The molecule has 0 N–H and O–H groups in total. The molecule has 2 atom stereocenters. The van der Waals surface area contributed by atoms with Crippen molar-refractivity contribution in [1.82, 2.24) is 0 Å². The lowest BCUT2D eigenvalue weighted by molar-refractivity contribution is -0.161. The van der Waals surface area contributed by atoms with E-state index in [1.165, 1.54) is 50.5 Å². The van der Waals surface area contributed by atoms with Crippen molar-refractivity contribution >= 4 is 5.97 Å². The molecule has 0 radical (unpaired) electrons. The van der Waals surface area contributed by atoms with E-state index in [0.717, 1.165) is 37.7 Å². The Hall–Kier alpha value is -1.31. The second-order valence-corrected chi connectivity index (χ2v) is 7.60. The topological polar surface area (TPSA) is 26.3 Å². The summed E-state index contributed by atoms with van der Waals surface area (Å²) in [6, 6.07) is 8.73. The van der Waals surface area contributed by atoms with Crippen molar-refractivity contribution in [2.24, 2.45) is 5.92 Å². The van der Waals surface area contributed by atoms with Crippen molar-refractivity contribution in [3.63, 3.8) is 0 Å². The lowest BCUT2D eigenvalue weighted by atomic mass is 9.90. The molecule has 1 aromatic rings. The molecule has 0 amide bonds. The fraction of sp³-hybridized carbons (Fsp3) is 0.696. The number of benzene rings is 1. The van der Waals surface area contributed by atoms with E-state index in [9.17, 15) is 4.79 Å². The van der Waals surface area contributed by atoms with E-state index in [-0.39, 0.29) is 18.0 Å². The summed E-state index contributed by atoms with van der Waals surface area (Å²) in [5, 5.41) is 0. The van der Waals surface area contributed by atoms with Gasteiger partial charge in [0.1, 0.15) is 6.10 Å². The van der Waals surface area contributed by atoms with E-state index in [1.54, 1.807) is 0 Å². The van der Waals surface area contributed by atoms with Gasteiger partial charge in [-0.15, -0.1) is 0 Å². The monoisotopic (exact) mass is 344 g/mol. The Kier molecular flexibility index (Phi) is 9.07. The van der Waals surface area contributed by atoms with Gasteiger partial charge in [0, 0.05) is 0 Å². The summed E-state index contributed by atoms with van der Waals surface area (Å²) in [7, 11) is 0. The van der Waals surface area contributed by atoms with Gasteiger partial charge in [-0.1, -0.05) is 83.1 Å². The van der Waals surface area contributed by atoms with E-state index in [0.29, 0.717) is 0 Å². The van der Waals surface area contributed by atoms with Gasteiger partial charge in [0.15, 0.2) is 0 Å². The van der Waals surface area contributed by atoms with E-state index in [1.807, 2.05) is 0 Å². The maximum atomic E-state index is 12.3. The van der Waals surface area contributed by atoms with Crippen LogP contribution < -0.4 is 0 Å². The normalized spacial score (nSPS) is 20.5. The number of cyclic esters (lactones) is 1. The van der Waals surface area contributed by atoms with E-state index >= 15 is 0 Å². The highest BCUT2D eigenvalue weighted by Gasteiger charge is 2.30. The molecule has 1 aliphatic rings. The zero-order valence-corrected chi connectivity index (χ0v) is 16.3. The summed E-state index contributed by atoms with van der Waals surface area (Å²) in [5.74, 6) is 0.157. The second kappa shape index (κ2) is 11.3. The molecule has 0 bridgehead atoms. The zero-order chi connectivity index (χ0) is 17.9. The minimum atomic E-state index is -0.0338. The predicted octanol–water partition coefficient (Wildman–Crippen LogP) is 6.77. The van der Waals surface area contributed by atoms with E-state index in [4.69, 9.17) is 4.74 Å². The van der Waals surface area contributed by atoms with Gasteiger partial charge in [-0.05, 0) is 43.2 Å². The molecule has 25 heavy (non-hydrogen) atoms. The first-order chi connectivity index (χ1) is 12.2. The van der Waals surface area contributed by atoms with Crippen LogP contribution in [0, 0.1) is 5.92 Å². The third-order valence-corrected chi connectivity index (χ3v) is 5.45. The first kappa shape index (κ1) is 20.0. The van der Waals surface area contributed by atoms with Crippen LogP contribution in [0.1, 0.15) is 102 Å². The average Bonchev–Trinajstić information content (AvgIpc) is 2.63. The standard InChI is InChI=1S/C23H36O2/c1-3-5-7-8-10-12-21-17-18-22(25-23(21)24)20-15-13-19(14-16-20)11-9-6-4-2/h13-16,21-22H,3-12,17-18H2,1-2H3. The summed E-state index contributed by atoms with van der Waals surface area (Å²) in [6.07, 6.45) is 14.2. The minimum Gasteiger partial charge on any atom is -0.457 e. The number of ether oxygens (including phenoxy) is 1. The fourth-order valence-electron chi connectivity index (χ4n) is 3.74. The van der Waals surface area contributed by atoms with Gasteiger partial charge < -0.3 is 4.74 Å². The van der Waals surface area contributed by atoms with Crippen LogP contribution in [0.3, 0.4) is 0 Å². The van der Waals surface area contributed by atoms with Gasteiger partial charge in [0.2, 0.25) is 0 Å². The molecule has 2 unspecified atom stereocenters. The summed E-state index contributed by atoms with van der Waals surface area (Å²) >= 11 is 0. The molecule has 0 aliphatic carbocycles. The van der Waals surface area contributed by atoms with Crippen LogP contribution in [-0.2, 0) is 16.0 Å². The molecule has 1 aromatic carbocycles. The predicted molar refractivity (Wildman–Crippen MR) is 105 cm³/mol. The number of hydrogen-bond donors (Lipinski definition) is 0. The molecule has 1 saturated heterocycles. The number of unbranched alkanes of at least 4 members (excludes halogenated alkanes) is 6. The van der Waals surface area contributed by atoms with Crippen molar-refractivity contribution < 1.29 is 9.53 Å². The van der Waals surface area contributed by atoms with E-state index in [2.05, 4.69) is 38.1 Å². The highest BCUT2D eigenvalue weighted by atomic mass is 16.5. The van der Waals surface area contributed by atoms with Crippen molar-refractivity contribution in [2.75, 3.05) is 0 Å². The van der Waals surface area contributed by atoms with Crippen LogP contribution in [-0.4, -0.2) is 5.97 Å².